The molecule has 0 heterocycles. The second kappa shape index (κ2) is 18.4. The molecular formula is C31H6AlB2F24O2P. The summed E-state index contributed by atoms with van der Waals surface area (Å²) in [4.78, 5) is 0. The molecule has 0 fully saturated rings. The zero-order valence-corrected chi connectivity index (χ0v) is 30.4. The van der Waals surface area contributed by atoms with E-state index in [1.807, 2.05) is 0 Å². The number of rotatable bonds is 12. The largest absolute Gasteiger partial charge is 0.691 e. The summed E-state index contributed by atoms with van der Waals surface area (Å²) in [7, 11) is 0.878. The summed E-state index contributed by atoms with van der Waals surface area (Å²) in [5.74, 6) is -74.0. The van der Waals surface area contributed by atoms with Crippen molar-refractivity contribution in [2.75, 3.05) is 6.67 Å². The molecule has 4 rings (SSSR count). The number of hydrogen-bond acceptors (Lipinski definition) is 2. The van der Waals surface area contributed by atoms with Gasteiger partial charge in [0.05, 0.1) is 0 Å². The summed E-state index contributed by atoms with van der Waals surface area (Å²) in [6.45, 7) is -9.60. The second-order valence-electron chi connectivity index (χ2n) is 11.4. The quantitative estimate of drug-likeness (QED) is 0.0364. The van der Waals surface area contributed by atoms with Crippen LogP contribution in [0, 0.1) is 111 Å². The lowest BCUT2D eigenvalue weighted by molar-refractivity contribution is 0.376. The van der Waals surface area contributed by atoms with E-state index in [0.29, 0.717) is 0 Å². The molecule has 0 saturated heterocycles. The van der Waals surface area contributed by atoms with Crippen LogP contribution in [0.3, 0.4) is 0 Å². The fourth-order valence-electron chi connectivity index (χ4n) is 5.11. The van der Waals surface area contributed by atoms with E-state index >= 15 is 39.5 Å². The van der Waals surface area contributed by atoms with Gasteiger partial charge in [0.1, 0.15) is 6.67 Å². The van der Waals surface area contributed by atoms with Crippen LogP contribution in [0.15, 0.2) is 35.4 Å². The number of benzene rings is 4. The molecule has 0 aliphatic carbocycles. The van der Waals surface area contributed by atoms with Crippen LogP contribution in [0.2, 0.25) is 0 Å². The Hall–Kier alpha value is -4.57. The van der Waals surface area contributed by atoms with E-state index in [-0.39, 0.29) is 0 Å². The molecule has 0 aromatic heterocycles. The summed E-state index contributed by atoms with van der Waals surface area (Å²) in [6, 6.07) is 0. The van der Waals surface area contributed by atoms with E-state index in [4.69, 9.17) is 0 Å². The molecule has 4 aromatic rings. The summed E-state index contributed by atoms with van der Waals surface area (Å²) in [5.41, 5.74) is -12.1. The van der Waals surface area contributed by atoms with Crippen molar-refractivity contribution in [2.45, 2.75) is 0 Å². The first-order valence-corrected chi connectivity index (χ1v) is 17.1. The standard InChI is InChI=1S/C13H4BF10O.C12BF10O.C6H2F4P.Al/c1-3(16)7(18)5(8(19)4(17)2-15)14(25)6-9(20)11(22)13(24)12(23)10(6)21;14-3-1(4(15)8(19)11(22)7(3)18)13(24)2-5(16)9(20)12(23)10(21)6(2)17;7-2-1-3(11)5(9)6(10)4(2)8;/h1-2H2;;11H2;/q2*-1;;+2/b7-5-,8-4-;;;. The van der Waals surface area contributed by atoms with Gasteiger partial charge in [-0.05, 0) is 4.43 Å². The van der Waals surface area contributed by atoms with Gasteiger partial charge in [-0.15, -0.1) is 9.24 Å². The van der Waals surface area contributed by atoms with Gasteiger partial charge in [-0.3, -0.25) is 0 Å². The third kappa shape index (κ3) is 8.38. The van der Waals surface area contributed by atoms with Crippen LogP contribution in [-0.4, -0.2) is 35.3 Å². The molecule has 30 heteroatoms. The number of allylic oxidation sites excluding steroid dienone is 5. The van der Waals surface area contributed by atoms with Crippen molar-refractivity contribution in [3.8, 4) is 0 Å². The van der Waals surface area contributed by atoms with Gasteiger partial charge in [-0.2, -0.15) is 0 Å². The smallest absolute Gasteiger partial charge is 0.534 e. The fraction of sp³-hybridized carbons (Fsp3) is 0.0323. The molecule has 0 bridgehead atoms. The van der Waals surface area contributed by atoms with Gasteiger partial charge in [-0.25, -0.2) is 105 Å². The summed E-state index contributed by atoms with van der Waals surface area (Å²) < 4.78 is 361. The highest BCUT2D eigenvalue weighted by molar-refractivity contribution is 7.28. The Morgan fingerprint density at radius 1 is 0.443 bits per heavy atom. The first kappa shape index (κ1) is 49.1. The molecule has 0 amide bonds. The SMILES string of the molecule is C=C(F)/C(F)=C(B([O][Al]([O]B(c1c(F)c(F)c(F)c(F)c1F)c1c(F)c(F)c(F)c(F)c1F)[c]1c(F)c(F)c(F)c(F)c1P)c1c(F)c(F)c(F)c(F)c1F)\C(F)=C(\F)CF. The van der Waals surface area contributed by atoms with E-state index < -0.39 is 201 Å². The number of halogens is 24. The zero-order chi connectivity index (χ0) is 46.6. The van der Waals surface area contributed by atoms with Crippen molar-refractivity contribution in [3.05, 3.63) is 146 Å². The summed E-state index contributed by atoms with van der Waals surface area (Å²) in [5, 5.41) is -2.04. The predicted octanol–water partition coefficient (Wildman–Crippen LogP) is 7.63. The minimum Gasteiger partial charge on any atom is -0.534 e. The highest BCUT2D eigenvalue weighted by atomic mass is 31.0. The van der Waals surface area contributed by atoms with Crippen molar-refractivity contribution in [3.63, 3.8) is 0 Å². The molecule has 4 aromatic carbocycles. The second-order valence-corrected chi connectivity index (χ2v) is 13.7. The van der Waals surface area contributed by atoms with Gasteiger partial charge in [0.15, 0.2) is 134 Å². The Kier molecular flexibility index (Phi) is 14.8. The predicted molar refractivity (Wildman–Crippen MR) is 166 cm³/mol. The summed E-state index contributed by atoms with van der Waals surface area (Å²) >= 11 is -6.65. The van der Waals surface area contributed by atoms with Gasteiger partial charge in [0, 0.05) is 27.2 Å². The lowest BCUT2D eigenvalue weighted by Gasteiger charge is -2.28. The van der Waals surface area contributed by atoms with Crippen LogP contribution in [0.25, 0.3) is 0 Å². The molecule has 0 aliphatic rings. The molecular weight excluding hydrogens is 940 g/mol. The van der Waals surface area contributed by atoms with Crippen LogP contribution in [-0.2, 0) is 7.41 Å². The minimum atomic E-state index is -6.65. The monoisotopic (exact) mass is 946 g/mol. The van der Waals surface area contributed by atoms with Crippen molar-refractivity contribution in [2.24, 2.45) is 0 Å². The first-order valence-electron chi connectivity index (χ1n) is 15.0. The molecule has 1 unspecified atom stereocenters. The Balaban J connectivity index is 2.36. The van der Waals surface area contributed by atoms with Gasteiger partial charge in [-0.1, -0.05) is 6.58 Å². The van der Waals surface area contributed by atoms with Crippen molar-refractivity contribution in [1.29, 1.82) is 0 Å². The fourth-order valence-corrected chi connectivity index (χ4v) is 7.86. The highest BCUT2D eigenvalue weighted by Gasteiger charge is 2.51. The van der Waals surface area contributed by atoms with Crippen molar-refractivity contribution >= 4 is 64.0 Å². The van der Waals surface area contributed by atoms with E-state index in [9.17, 15) is 65.9 Å². The van der Waals surface area contributed by atoms with E-state index in [2.05, 4.69) is 14.0 Å². The van der Waals surface area contributed by atoms with Gasteiger partial charge in [0.2, 0.25) is 0 Å². The molecule has 0 aliphatic heterocycles. The maximum Gasteiger partial charge on any atom is 0.691 e. The van der Waals surface area contributed by atoms with Gasteiger partial charge >= 0.3 is 28.6 Å². The molecule has 0 radical (unpaired) electrons. The lowest BCUT2D eigenvalue weighted by Crippen LogP contribution is -2.62. The van der Waals surface area contributed by atoms with Crippen LogP contribution in [0.4, 0.5) is 105 Å². The van der Waals surface area contributed by atoms with Crippen LogP contribution < -0.4 is 26.1 Å². The van der Waals surface area contributed by atoms with E-state index in [0.717, 1.165) is 9.24 Å². The average molecular weight is 946 g/mol. The lowest BCUT2D eigenvalue weighted by atomic mass is 9.53. The number of hydrogen-bond donors (Lipinski definition) is 0. The molecule has 2 nitrogen and oxygen atoms in total. The maximum absolute atomic E-state index is 15.7. The van der Waals surface area contributed by atoms with E-state index in [1.54, 1.807) is 0 Å². The third-order valence-corrected chi connectivity index (χ3v) is 10.9. The Morgan fingerprint density at radius 3 is 1.10 bits per heavy atom. The first-order chi connectivity index (χ1) is 28.2. The van der Waals surface area contributed by atoms with Crippen molar-refractivity contribution in [1.82, 2.24) is 0 Å². The Labute approximate surface area is 329 Å². The van der Waals surface area contributed by atoms with Gasteiger partial charge in [0.25, 0.3) is 0 Å². The Morgan fingerprint density at radius 2 is 0.754 bits per heavy atom. The molecule has 0 spiro atoms. The van der Waals surface area contributed by atoms with Crippen molar-refractivity contribution < 1.29 is 113 Å². The summed E-state index contributed by atoms with van der Waals surface area (Å²) in [6.07, 6.45) is 0. The normalized spacial score (nSPS) is 12.5. The molecule has 0 saturated carbocycles. The van der Waals surface area contributed by atoms with Crippen LogP contribution in [0.5, 0.6) is 0 Å². The Bertz CT molecular complexity index is 2400. The van der Waals surface area contributed by atoms with Gasteiger partial charge < -0.3 is 7.41 Å². The molecule has 61 heavy (non-hydrogen) atoms. The maximum atomic E-state index is 15.7. The highest BCUT2D eigenvalue weighted by Crippen LogP contribution is 2.32. The molecule has 324 valence electrons. The van der Waals surface area contributed by atoms with Crippen LogP contribution >= 0.6 is 9.24 Å². The van der Waals surface area contributed by atoms with Crippen LogP contribution in [0.1, 0.15) is 0 Å². The topological polar surface area (TPSA) is 18.5 Å². The minimum absolute atomic E-state index is 0.878. The zero-order valence-electron chi connectivity index (χ0n) is 28.1. The van der Waals surface area contributed by atoms with E-state index in [1.165, 1.54) is 0 Å². The molecule has 1 atom stereocenters. The number of alkyl halides is 1. The third-order valence-electron chi connectivity index (χ3n) is 7.94. The molecule has 0 N–H and O–H groups in total. The average Bonchev–Trinajstić information content (AvgIpc) is 3.22.